The number of hydrogen-bond donors (Lipinski definition) is 0. The van der Waals surface area contributed by atoms with E-state index in [0.717, 1.165) is 5.56 Å². The van der Waals surface area contributed by atoms with Gasteiger partial charge in [0.1, 0.15) is 11.6 Å². The van der Waals surface area contributed by atoms with Crippen LogP contribution in [0.15, 0.2) is 48.5 Å². The van der Waals surface area contributed by atoms with E-state index in [2.05, 4.69) is 0 Å². The molecule has 3 nitrogen and oxygen atoms in total. The van der Waals surface area contributed by atoms with Gasteiger partial charge in [-0.25, -0.2) is 4.39 Å². The zero-order chi connectivity index (χ0) is 15.2. The van der Waals surface area contributed by atoms with Gasteiger partial charge in [0.15, 0.2) is 6.10 Å². The Kier molecular flexibility index (Phi) is 5.06. The molecule has 0 N–H and O–H groups in total. The van der Waals surface area contributed by atoms with Crippen LogP contribution in [0.25, 0.3) is 0 Å². The molecular weight excluding hydrogens is 271 g/mol. The van der Waals surface area contributed by atoms with Crippen molar-refractivity contribution in [3.63, 3.8) is 0 Å². The highest BCUT2D eigenvalue weighted by atomic mass is 19.1. The molecule has 0 aromatic heterocycles. The van der Waals surface area contributed by atoms with Crippen LogP contribution in [0.1, 0.15) is 22.8 Å². The van der Waals surface area contributed by atoms with Gasteiger partial charge in [-0.15, -0.1) is 0 Å². The second-order valence-corrected chi connectivity index (χ2v) is 4.71. The highest BCUT2D eigenvalue weighted by molar-refractivity contribution is 5.99. The van der Waals surface area contributed by atoms with Crippen molar-refractivity contribution in [2.24, 2.45) is 0 Å². The number of carbonyl (C=O) groups is 1. The molecule has 0 aliphatic heterocycles. The van der Waals surface area contributed by atoms with Crippen LogP contribution >= 0.6 is 0 Å². The third kappa shape index (κ3) is 4.13. The Morgan fingerprint density at radius 1 is 1.19 bits per heavy atom. The Balaban J connectivity index is 2.06. The summed E-state index contributed by atoms with van der Waals surface area (Å²) in [5, 5.41) is 0. The van der Waals surface area contributed by atoms with E-state index in [9.17, 15) is 9.18 Å². The zero-order valence-electron chi connectivity index (χ0n) is 12.0. The maximum atomic E-state index is 12.9. The summed E-state index contributed by atoms with van der Waals surface area (Å²) in [5.74, 6) is 0.0482. The van der Waals surface area contributed by atoms with Gasteiger partial charge in [0.25, 0.3) is 0 Å². The number of rotatable bonds is 6. The molecule has 0 aliphatic carbocycles. The third-order valence-electron chi connectivity index (χ3n) is 3.02. The van der Waals surface area contributed by atoms with E-state index in [4.69, 9.17) is 9.47 Å². The smallest absolute Gasteiger partial charge is 0.202 e. The fourth-order valence-electron chi connectivity index (χ4n) is 1.98. The lowest BCUT2D eigenvalue weighted by Crippen LogP contribution is -2.23. The molecule has 2 aromatic carbocycles. The summed E-state index contributed by atoms with van der Waals surface area (Å²) >= 11 is 0. The van der Waals surface area contributed by atoms with Gasteiger partial charge in [0.2, 0.25) is 5.78 Å². The molecule has 1 atom stereocenters. The largest absolute Gasteiger partial charge is 0.483 e. The minimum atomic E-state index is -0.645. The van der Waals surface area contributed by atoms with Gasteiger partial charge in [-0.3, -0.25) is 4.79 Å². The topological polar surface area (TPSA) is 35.5 Å². The molecule has 1 unspecified atom stereocenters. The first-order valence-electron chi connectivity index (χ1n) is 6.64. The van der Waals surface area contributed by atoms with Crippen LogP contribution in [-0.4, -0.2) is 19.0 Å². The number of ketones is 1. The van der Waals surface area contributed by atoms with Crippen molar-refractivity contribution >= 4 is 5.78 Å². The zero-order valence-corrected chi connectivity index (χ0v) is 12.0. The number of benzene rings is 2. The van der Waals surface area contributed by atoms with Crippen LogP contribution in [0, 0.1) is 5.82 Å². The molecule has 21 heavy (non-hydrogen) atoms. The average molecular weight is 288 g/mol. The van der Waals surface area contributed by atoms with Crippen LogP contribution in [0.2, 0.25) is 0 Å². The highest BCUT2D eigenvalue weighted by Crippen LogP contribution is 2.17. The van der Waals surface area contributed by atoms with Crippen molar-refractivity contribution in [1.29, 1.82) is 0 Å². The Labute approximate surface area is 123 Å². The number of Topliss-reactive ketones (excluding diaryl/α,β-unsaturated/α-hetero) is 1. The predicted molar refractivity (Wildman–Crippen MR) is 78.0 cm³/mol. The van der Waals surface area contributed by atoms with Gasteiger partial charge in [0, 0.05) is 12.7 Å². The summed E-state index contributed by atoms with van der Waals surface area (Å²) in [5.41, 5.74) is 1.40. The van der Waals surface area contributed by atoms with E-state index in [0.29, 0.717) is 17.9 Å². The lowest BCUT2D eigenvalue weighted by molar-refractivity contribution is 0.0817. The van der Waals surface area contributed by atoms with Crippen molar-refractivity contribution in [3.05, 3.63) is 65.5 Å². The quantitative estimate of drug-likeness (QED) is 0.762. The van der Waals surface area contributed by atoms with Crippen LogP contribution in [0.5, 0.6) is 5.75 Å². The molecule has 0 heterocycles. The van der Waals surface area contributed by atoms with Gasteiger partial charge in [-0.2, -0.15) is 0 Å². The molecule has 2 rings (SSSR count). The molecule has 0 spiro atoms. The molecule has 0 saturated carbocycles. The first kappa shape index (κ1) is 15.2. The Bertz CT molecular complexity index is 608. The molecule has 0 amide bonds. The van der Waals surface area contributed by atoms with Crippen molar-refractivity contribution in [2.45, 2.75) is 19.6 Å². The Hall–Kier alpha value is -2.20. The molecule has 2 aromatic rings. The lowest BCUT2D eigenvalue weighted by Gasteiger charge is -2.14. The molecule has 4 heteroatoms. The molecule has 0 bridgehead atoms. The van der Waals surface area contributed by atoms with Gasteiger partial charge < -0.3 is 9.47 Å². The number of hydrogen-bond acceptors (Lipinski definition) is 3. The van der Waals surface area contributed by atoms with E-state index < -0.39 is 6.10 Å². The van der Waals surface area contributed by atoms with Crippen molar-refractivity contribution < 1.29 is 18.7 Å². The first-order chi connectivity index (χ1) is 10.1. The fourth-order valence-corrected chi connectivity index (χ4v) is 1.98. The minimum absolute atomic E-state index is 0.188. The Morgan fingerprint density at radius 3 is 2.57 bits per heavy atom. The van der Waals surface area contributed by atoms with E-state index in [1.165, 1.54) is 24.3 Å². The standard InChI is InChI=1S/C17H17FO3/c1-12(17(19)14-6-8-15(18)9-7-14)21-16-5-3-4-13(10-16)11-20-2/h3-10,12H,11H2,1-2H3. The predicted octanol–water partition coefficient (Wildman–Crippen LogP) is 3.62. The van der Waals surface area contributed by atoms with Crippen molar-refractivity contribution in [3.8, 4) is 5.75 Å². The molecule has 0 aliphatic rings. The van der Waals surface area contributed by atoms with Gasteiger partial charge >= 0.3 is 0 Å². The lowest BCUT2D eigenvalue weighted by atomic mass is 10.1. The second-order valence-electron chi connectivity index (χ2n) is 4.71. The number of methoxy groups -OCH3 is 1. The summed E-state index contributed by atoms with van der Waals surface area (Å²) in [6.45, 7) is 2.16. The second kappa shape index (κ2) is 6.99. The summed E-state index contributed by atoms with van der Waals surface area (Å²) < 4.78 is 23.6. The third-order valence-corrected chi connectivity index (χ3v) is 3.02. The highest BCUT2D eigenvalue weighted by Gasteiger charge is 2.17. The van der Waals surface area contributed by atoms with Gasteiger partial charge in [-0.05, 0) is 48.9 Å². The van der Waals surface area contributed by atoms with E-state index in [1.54, 1.807) is 20.1 Å². The maximum absolute atomic E-state index is 12.9. The SMILES string of the molecule is COCc1cccc(OC(C)C(=O)c2ccc(F)cc2)c1. The molecule has 0 saturated heterocycles. The maximum Gasteiger partial charge on any atom is 0.202 e. The van der Waals surface area contributed by atoms with Crippen LogP contribution in [-0.2, 0) is 11.3 Å². The van der Waals surface area contributed by atoms with E-state index in [-0.39, 0.29) is 11.6 Å². The monoisotopic (exact) mass is 288 g/mol. The first-order valence-corrected chi connectivity index (χ1v) is 6.64. The fraction of sp³-hybridized carbons (Fsp3) is 0.235. The van der Waals surface area contributed by atoms with E-state index in [1.807, 2.05) is 18.2 Å². The molecule has 0 radical (unpaired) electrons. The van der Waals surface area contributed by atoms with Crippen molar-refractivity contribution in [1.82, 2.24) is 0 Å². The minimum Gasteiger partial charge on any atom is -0.483 e. The average Bonchev–Trinajstić information content (AvgIpc) is 2.48. The summed E-state index contributed by atoms with van der Waals surface area (Å²) in [6, 6.07) is 12.8. The van der Waals surface area contributed by atoms with Gasteiger partial charge in [0.05, 0.1) is 6.61 Å². The number of halogens is 1. The van der Waals surface area contributed by atoms with Crippen LogP contribution in [0.4, 0.5) is 4.39 Å². The van der Waals surface area contributed by atoms with Crippen LogP contribution in [0.3, 0.4) is 0 Å². The normalized spacial score (nSPS) is 12.0. The summed E-state index contributed by atoms with van der Waals surface area (Å²) in [4.78, 5) is 12.2. The van der Waals surface area contributed by atoms with Crippen molar-refractivity contribution in [2.75, 3.05) is 7.11 Å². The molecular formula is C17H17FO3. The van der Waals surface area contributed by atoms with E-state index >= 15 is 0 Å². The molecule has 0 fully saturated rings. The van der Waals surface area contributed by atoms with Gasteiger partial charge in [-0.1, -0.05) is 12.1 Å². The number of ether oxygens (including phenoxy) is 2. The van der Waals surface area contributed by atoms with Crippen LogP contribution < -0.4 is 4.74 Å². The molecule has 110 valence electrons. The summed E-state index contributed by atoms with van der Waals surface area (Å²) in [6.07, 6.45) is -0.645. The Morgan fingerprint density at radius 2 is 1.90 bits per heavy atom. The summed E-state index contributed by atoms with van der Waals surface area (Å²) in [7, 11) is 1.62. The number of carbonyl (C=O) groups excluding carboxylic acids is 1.